The Balaban J connectivity index is 3.12. The number of nitrogens with one attached hydrogen (secondary N) is 1. The molecule has 0 saturated carbocycles. The van der Waals surface area contributed by atoms with E-state index < -0.39 is 22.0 Å². The van der Waals surface area contributed by atoms with E-state index in [1.807, 2.05) is 4.72 Å². The molecule has 1 atom stereocenters. The molecule has 0 aliphatic rings. The summed E-state index contributed by atoms with van der Waals surface area (Å²) >= 11 is 3.15. The second-order valence-corrected chi connectivity index (χ2v) is 6.14. The predicted octanol–water partition coefficient (Wildman–Crippen LogP) is 1.21. The van der Waals surface area contributed by atoms with Gasteiger partial charge in [0.15, 0.2) is 0 Å². The van der Waals surface area contributed by atoms with Crippen molar-refractivity contribution in [2.45, 2.75) is 17.9 Å². The van der Waals surface area contributed by atoms with Crippen molar-refractivity contribution in [2.24, 2.45) is 0 Å². The van der Waals surface area contributed by atoms with Crippen LogP contribution >= 0.6 is 15.9 Å². The number of hydrogen-bond acceptors (Lipinski definition) is 4. The van der Waals surface area contributed by atoms with Gasteiger partial charge in [0, 0.05) is 10.5 Å². The first-order valence-corrected chi connectivity index (χ1v) is 7.13. The molecule has 1 aromatic carbocycles. The Morgan fingerprint density at radius 2 is 2.06 bits per heavy atom. The van der Waals surface area contributed by atoms with Crippen molar-refractivity contribution in [1.82, 2.24) is 4.72 Å². The lowest BCUT2D eigenvalue weighted by Crippen LogP contribution is -2.38. The zero-order chi connectivity index (χ0) is 13.9. The van der Waals surface area contributed by atoms with Gasteiger partial charge in [-0.3, -0.25) is 4.79 Å². The van der Waals surface area contributed by atoms with Crippen LogP contribution in [0, 0.1) is 0 Å². The lowest BCUT2D eigenvalue weighted by Gasteiger charge is -2.11. The van der Waals surface area contributed by atoms with Gasteiger partial charge in [0.1, 0.15) is 11.8 Å². The lowest BCUT2D eigenvalue weighted by molar-refractivity contribution is -0.138. The molecule has 0 radical (unpaired) electrons. The number of benzene rings is 1. The van der Waals surface area contributed by atoms with Crippen LogP contribution in [0.2, 0.25) is 0 Å². The molecule has 0 unspecified atom stereocenters. The van der Waals surface area contributed by atoms with Gasteiger partial charge in [0.25, 0.3) is 0 Å². The molecule has 8 heteroatoms. The summed E-state index contributed by atoms with van der Waals surface area (Å²) in [5.74, 6) is -0.895. The number of hydrogen-bond donors (Lipinski definition) is 2. The van der Waals surface area contributed by atoms with E-state index >= 15 is 0 Å². The van der Waals surface area contributed by atoms with Gasteiger partial charge in [-0.25, -0.2) is 8.42 Å². The van der Waals surface area contributed by atoms with Gasteiger partial charge in [-0.05, 0) is 19.1 Å². The van der Waals surface area contributed by atoms with Gasteiger partial charge in [0.05, 0.1) is 12.0 Å². The van der Waals surface area contributed by atoms with Gasteiger partial charge in [0.2, 0.25) is 10.0 Å². The summed E-state index contributed by atoms with van der Waals surface area (Å²) in [6, 6.07) is 3.06. The van der Waals surface area contributed by atoms with Crippen LogP contribution in [0.15, 0.2) is 27.6 Å². The molecule has 0 saturated heterocycles. The Hall–Kier alpha value is -1.12. The number of sulfonamides is 1. The number of carboxylic acid groups (broad SMARTS) is 1. The van der Waals surface area contributed by atoms with E-state index in [4.69, 9.17) is 9.84 Å². The normalized spacial score (nSPS) is 13.1. The molecular formula is C10H12BrNO5S. The summed E-state index contributed by atoms with van der Waals surface area (Å²) in [6.07, 6.45) is 0. The average molecular weight is 338 g/mol. The molecule has 0 bridgehead atoms. The highest BCUT2D eigenvalue weighted by Crippen LogP contribution is 2.24. The molecule has 0 fully saturated rings. The van der Waals surface area contributed by atoms with Crippen molar-refractivity contribution in [1.29, 1.82) is 0 Å². The third kappa shape index (κ3) is 3.69. The Kier molecular flexibility index (Phi) is 4.71. The summed E-state index contributed by atoms with van der Waals surface area (Å²) in [4.78, 5) is 10.6. The average Bonchev–Trinajstić information content (AvgIpc) is 2.27. The van der Waals surface area contributed by atoms with Gasteiger partial charge in [-0.2, -0.15) is 4.72 Å². The van der Waals surface area contributed by atoms with Crippen LogP contribution in [0.1, 0.15) is 6.92 Å². The molecule has 0 spiro atoms. The maximum atomic E-state index is 11.9. The minimum atomic E-state index is -3.90. The third-order valence-electron chi connectivity index (χ3n) is 2.09. The maximum Gasteiger partial charge on any atom is 0.321 e. The van der Waals surface area contributed by atoms with Crippen LogP contribution in [-0.4, -0.2) is 32.6 Å². The van der Waals surface area contributed by atoms with E-state index in [-0.39, 0.29) is 4.90 Å². The number of methoxy groups -OCH3 is 1. The molecule has 18 heavy (non-hydrogen) atoms. The van der Waals surface area contributed by atoms with Gasteiger partial charge < -0.3 is 9.84 Å². The quantitative estimate of drug-likeness (QED) is 0.842. The van der Waals surface area contributed by atoms with Gasteiger partial charge in [-0.1, -0.05) is 15.9 Å². The minimum Gasteiger partial charge on any atom is -0.497 e. The van der Waals surface area contributed by atoms with E-state index in [0.29, 0.717) is 10.2 Å². The molecule has 1 aromatic rings. The number of carbonyl (C=O) groups is 1. The molecule has 0 heterocycles. The smallest absolute Gasteiger partial charge is 0.321 e. The highest BCUT2D eigenvalue weighted by atomic mass is 79.9. The van der Waals surface area contributed by atoms with Gasteiger partial charge in [-0.15, -0.1) is 0 Å². The molecule has 6 nitrogen and oxygen atoms in total. The van der Waals surface area contributed by atoms with Crippen LogP contribution in [0.5, 0.6) is 5.75 Å². The second kappa shape index (κ2) is 5.68. The molecule has 2 N–H and O–H groups in total. The monoisotopic (exact) mass is 337 g/mol. The van der Waals surface area contributed by atoms with E-state index in [2.05, 4.69) is 15.9 Å². The first-order chi connectivity index (χ1) is 8.26. The van der Waals surface area contributed by atoms with Crippen molar-refractivity contribution in [3.05, 3.63) is 22.7 Å². The summed E-state index contributed by atoms with van der Waals surface area (Å²) in [6.45, 7) is 1.25. The molecule has 100 valence electrons. The molecular weight excluding hydrogens is 326 g/mol. The Bertz CT molecular complexity index is 557. The molecule has 1 rings (SSSR count). The highest BCUT2D eigenvalue weighted by Gasteiger charge is 2.22. The number of halogens is 1. The third-order valence-corrected chi connectivity index (χ3v) is 4.07. The maximum absolute atomic E-state index is 11.9. The Morgan fingerprint density at radius 3 is 2.56 bits per heavy atom. The summed E-state index contributed by atoms with van der Waals surface area (Å²) in [5.41, 5.74) is 0. The molecule has 0 aliphatic carbocycles. The molecule has 0 amide bonds. The summed E-state index contributed by atoms with van der Waals surface area (Å²) < 4.78 is 31.3. The van der Waals surface area contributed by atoms with Crippen molar-refractivity contribution >= 4 is 31.9 Å². The van der Waals surface area contributed by atoms with Crippen LogP contribution in [0.3, 0.4) is 0 Å². The topological polar surface area (TPSA) is 92.7 Å². The predicted molar refractivity (Wildman–Crippen MR) is 68.1 cm³/mol. The van der Waals surface area contributed by atoms with E-state index in [1.165, 1.54) is 26.2 Å². The zero-order valence-electron chi connectivity index (χ0n) is 9.68. The van der Waals surface area contributed by atoms with Crippen LogP contribution in [-0.2, 0) is 14.8 Å². The van der Waals surface area contributed by atoms with E-state index in [9.17, 15) is 13.2 Å². The summed E-state index contributed by atoms with van der Waals surface area (Å²) in [7, 11) is -2.49. The fraction of sp³-hybridized carbons (Fsp3) is 0.300. The van der Waals surface area contributed by atoms with Crippen LogP contribution < -0.4 is 9.46 Å². The Labute approximate surface area is 113 Å². The fourth-order valence-electron chi connectivity index (χ4n) is 1.16. The summed E-state index contributed by atoms with van der Waals surface area (Å²) in [5, 5.41) is 8.69. The lowest BCUT2D eigenvalue weighted by atomic mass is 10.3. The van der Waals surface area contributed by atoms with E-state index in [0.717, 1.165) is 0 Å². The number of aliphatic carboxylic acids is 1. The number of rotatable bonds is 5. The SMILES string of the molecule is COc1cc(Br)cc(S(=O)(=O)N[C@H](C)C(=O)O)c1. The largest absolute Gasteiger partial charge is 0.497 e. The Morgan fingerprint density at radius 1 is 1.44 bits per heavy atom. The van der Waals surface area contributed by atoms with Gasteiger partial charge >= 0.3 is 5.97 Å². The van der Waals surface area contributed by atoms with E-state index in [1.54, 1.807) is 6.07 Å². The molecule has 0 aliphatic heterocycles. The second-order valence-electron chi connectivity index (χ2n) is 3.51. The fourth-order valence-corrected chi connectivity index (χ4v) is 3.04. The van der Waals surface area contributed by atoms with Crippen LogP contribution in [0.25, 0.3) is 0 Å². The molecule has 0 aromatic heterocycles. The van der Waals surface area contributed by atoms with Crippen molar-refractivity contribution < 1.29 is 23.1 Å². The first-order valence-electron chi connectivity index (χ1n) is 4.86. The van der Waals surface area contributed by atoms with Crippen molar-refractivity contribution in [2.75, 3.05) is 7.11 Å². The number of carboxylic acids is 1. The number of ether oxygens (including phenoxy) is 1. The standard InChI is InChI=1S/C10H12BrNO5S/c1-6(10(13)14)12-18(15,16)9-4-7(11)3-8(5-9)17-2/h3-6,12H,1-2H3,(H,13,14)/t6-/m1/s1. The van der Waals surface area contributed by atoms with Crippen molar-refractivity contribution in [3.63, 3.8) is 0 Å². The highest BCUT2D eigenvalue weighted by molar-refractivity contribution is 9.10. The minimum absolute atomic E-state index is 0.0678. The zero-order valence-corrected chi connectivity index (χ0v) is 12.1. The van der Waals surface area contributed by atoms with Crippen molar-refractivity contribution in [3.8, 4) is 5.75 Å². The first kappa shape index (κ1) is 14.9. The van der Waals surface area contributed by atoms with Crippen LogP contribution in [0.4, 0.5) is 0 Å².